The second kappa shape index (κ2) is 6.74. The highest BCUT2D eigenvalue weighted by Crippen LogP contribution is 2.21. The summed E-state index contributed by atoms with van der Waals surface area (Å²) in [6.45, 7) is 7.68. The maximum atomic E-state index is 4.55. The highest BCUT2D eigenvalue weighted by Gasteiger charge is 2.12. The Labute approximate surface area is 111 Å². The molecule has 0 radical (unpaired) electrons. The molecule has 0 bridgehead atoms. The standard InChI is InChI=1S/C15H25N3/c1-3-16-13(2)14-8-9-17-15(12-14)18-10-6-4-5-7-11-18/h8-9,12-13,16H,3-7,10-11H2,1-2H3. The Bertz CT molecular complexity index is 357. The lowest BCUT2D eigenvalue weighted by atomic mass is 10.1. The fourth-order valence-corrected chi connectivity index (χ4v) is 2.60. The Kier molecular flexibility index (Phi) is 5.00. The summed E-state index contributed by atoms with van der Waals surface area (Å²) < 4.78 is 0. The van der Waals surface area contributed by atoms with Gasteiger partial charge in [-0.3, -0.25) is 0 Å². The minimum atomic E-state index is 0.406. The number of hydrogen-bond acceptors (Lipinski definition) is 3. The molecule has 0 saturated carbocycles. The van der Waals surface area contributed by atoms with E-state index in [4.69, 9.17) is 0 Å². The molecular weight excluding hydrogens is 222 g/mol. The zero-order valence-electron chi connectivity index (χ0n) is 11.7. The Hall–Kier alpha value is -1.09. The number of hydrogen-bond donors (Lipinski definition) is 1. The number of rotatable bonds is 4. The molecule has 0 aliphatic carbocycles. The lowest BCUT2D eigenvalue weighted by molar-refractivity contribution is 0.597. The first-order valence-electron chi connectivity index (χ1n) is 7.25. The lowest BCUT2D eigenvalue weighted by Gasteiger charge is -2.23. The molecule has 2 heterocycles. The number of nitrogens with zero attached hydrogens (tertiary/aromatic N) is 2. The molecule has 1 saturated heterocycles. The number of aromatic nitrogens is 1. The van der Waals surface area contributed by atoms with Crippen molar-refractivity contribution in [2.75, 3.05) is 24.5 Å². The van der Waals surface area contributed by atoms with Crippen LogP contribution < -0.4 is 10.2 Å². The number of pyridine rings is 1. The van der Waals surface area contributed by atoms with E-state index in [1.165, 1.54) is 31.2 Å². The summed E-state index contributed by atoms with van der Waals surface area (Å²) in [6.07, 6.45) is 7.28. The Balaban J connectivity index is 2.10. The summed E-state index contributed by atoms with van der Waals surface area (Å²) in [6, 6.07) is 4.77. The average molecular weight is 247 g/mol. The Morgan fingerprint density at radius 3 is 2.67 bits per heavy atom. The van der Waals surface area contributed by atoms with Crippen LogP contribution in [-0.2, 0) is 0 Å². The van der Waals surface area contributed by atoms with Crippen LogP contribution in [0.4, 0.5) is 5.82 Å². The molecule has 0 amide bonds. The van der Waals surface area contributed by atoms with Crippen molar-refractivity contribution < 1.29 is 0 Å². The topological polar surface area (TPSA) is 28.2 Å². The van der Waals surface area contributed by atoms with Crippen LogP contribution in [0, 0.1) is 0 Å². The second-order valence-electron chi connectivity index (χ2n) is 5.13. The molecule has 1 N–H and O–H groups in total. The zero-order chi connectivity index (χ0) is 12.8. The molecule has 3 heteroatoms. The molecule has 18 heavy (non-hydrogen) atoms. The summed E-state index contributed by atoms with van der Waals surface area (Å²) >= 11 is 0. The summed E-state index contributed by atoms with van der Waals surface area (Å²) in [5.74, 6) is 1.15. The molecule has 0 spiro atoms. The summed E-state index contributed by atoms with van der Waals surface area (Å²) in [5.41, 5.74) is 1.34. The van der Waals surface area contributed by atoms with Gasteiger partial charge in [0.15, 0.2) is 0 Å². The second-order valence-corrected chi connectivity index (χ2v) is 5.13. The predicted octanol–water partition coefficient (Wildman–Crippen LogP) is 3.13. The molecule has 1 aromatic rings. The quantitative estimate of drug-likeness (QED) is 0.886. The molecule has 1 unspecified atom stereocenters. The van der Waals surface area contributed by atoms with Crippen LogP contribution in [0.2, 0.25) is 0 Å². The van der Waals surface area contributed by atoms with Gasteiger partial charge >= 0.3 is 0 Å². The van der Waals surface area contributed by atoms with Crippen LogP contribution >= 0.6 is 0 Å². The van der Waals surface area contributed by atoms with Gasteiger partial charge in [-0.05, 0) is 44.0 Å². The minimum absolute atomic E-state index is 0.406. The van der Waals surface area contributed by atoms with E-state index in [1.54, 1.807) is 0 Å². The first kappa shape index (κ1) is 13.3. The SMILES string of the molecule is CCNC(C)c1ccnc(N2CCCCCC2)c1. The van der Waals surface area contributed by atoms with Crippen LogP contribution in [0.15, 0.2) is 18.3 Å². The van der Waals surface area contributed by atoms with E-state index in [1.807, 2.05) is 6.20 Å². The molecule has 100 valence electrons. The van der Waals surface area contributed by atoms with Crippen molar-refractivity contribution in [3.8, 4) is 0 Å². The molecule has 3 nitrogen and oxygen atoms in total. The molecular formula is C15H25N3. The maximum Gasteiger partial charge on any atom is 0.128 e. The third kappa shape index (κ3) is 3.45. The van der Waals surface area contributed by atoms with Crippen molar-refractivity contribution in [1.29, 1.82) is 0 Å². The lowest BCUT2D eigenvalue weighted by Crippen LogP contribution is -2.25. The average Bonchev–Trinajstić information content (AvgIpc) is 2.68. The zero-order valence-corrected chi connectivity index (χ0v) is 11.7. The van der Waals surface area contributed by atoms with Crippen LogP contribution in [0.1, 0.15) is 51.1 Å². The van der Waals surface area contributed by atoms with Gasteiger partial charge in [-0.25, -0.2) is 4.98 Å². The van der Waals surface area contributed by atoms with Gasteiger partial charge in [0.05, 0.1) is 0 Å². The summed E-state index contributed by atoms with van der Waals surface area (Å²) in [5, 5.41) is 3.46. The van der Waals surface area contributed by atoms with Gasteiger partial charge in [-0.1, -0.05) is 19.8 Å². The minimum Gasteiger partial charge on any atom is -0.357 e. The van der Waals surface area contributed by atoms with E-state index in [9.17, 15) is 0 Å². The third-order valence-corrected chi connectivity index (χ3v) is 3.71. The monoisotopic (exact) mass is 247 g/mol. The van der Waals surface area contributed by atoms with Gasteiger partial charge < -0.3 is 10.2 Å². The van der Waals surface area contributed by atoms with Crippen molar-refractivity contribution in [2.24, 2.45) is 0 Å². The van der Waals surface area contributed by atoms with Crippen molar-refractivity contribution in [3.05, 3.63) is 23.9 Å². The van der Waals surface area contributed by atoms with Crippen molar-refractivity contribution in [2.45, 2.75) is 45.6 Å². The van der Waals surface area contributed by atoms with Crippen molar-refractivity contribution >= 4 is 5.82 Å². The Morgan fingerprint density at radius 1 is 1.28 bits per heavy atom. The summed E-state index contributed by atoms with van der Waals surface area (Å²) in [4.78, 5) is 6.99. The molecule has 1 aliphatic rings. The van der Waals surface area contributed by atoms with Gasteiger partial charge in [-0.15, -0.1) is 0 Å². The van der Waals surface area contributed by atoms with Crippen LogP contribution in [0.25, 0.3) is 0 Å². The van der Waals surface area contributed by atoms with Crippen LogP contribution in [0.5, 0.6) is 0 Å². The highest BCUT2D eigenvalue weighted by atomic mass is 15.2. The van der Waals surface area contributed by atoms with Gasteiger partial charge in [0.1, 0.15) is 5.82 Å². The maximum absolute atomic E-state index is 4.55. The normalized spacial score (nSPS) is 18.4. The van der Waals surface area contributed by atoms with Gasteiger partial charge in [-0.2, -0.15) is 0 Å². The number of anilines is 1. The predicted molar refractivity (Wildman–Crippen MR) is 77.0 cm³/mol. The van der Waals surface area contributed by atoms with Gasteiger partial charge in [0.25, 0.3) is 0 Å². The fourth-order valence-electron chi connectivity index (χ4n) is 2.60. The van der Waals surface area contributed by atoms with E-state index >= 15 is 0 Å². The van der Waals surface area contributed by atoms with E-state index in [-0.39, 0.29) is 0 Å². The molecule has 1 aliphatic heterocycles. The van der Waals surface area contributed by atoms with E-state index in [0.29, 0.717) is 6.04 Å². The third-order valence-electron chi connectivity index (χ3n) is 3.71. The van der Waals surface area contributed by atoms with Crippen molar-refractivity contribution in [3.63, 3.8) is 0 Å². The van der Waals surface area contributed by atoms with Gasteiger partial charge in [0.2, 0.25) is 0 Å². The highest BCUT2D eigenvalue weighted by molar-refractivity contribution is 5.41. The largest absolute Gasteiger partial charge is 0.357 e. The molecule has 0 aromatic carbocycles. The van der Waals surface area contributed by atoms with Crippen LogP contribution in [0.3, 0.4) is 0 Å². The van der Waals surface area contributed by atoms with E-state index in [2.05, 4.69) is 41.2 Å². The molecule has 1 aromatic heterocycles. The first-order valence-corrected chi connectivity index (χ1v) is 7.25. The van der Waals surface area contributed by atoms with Gasteiger partial charge in [0, 0.05) is 25.3 Å². The van der Waals surface area contributed by atoms with E-state index in [0.717, 1.165) is 25.5 Å². The van der Waals surface area contributed by atoms with Crippen molar-refractivity contribution in [1.82, 2.24) is 10.3 Å². The molecule has 1 atom stereocenters. The summed E-state index contributed by atoms with van der Waals surface area (Å²) in [7, 11) is 0. The molecule has 2 rings (SSSR count). The smallest absolute Gasteiger partial charge is 0.128 e. The van der Waals surface area contributed by atoms with E-state index < -0.39 is 0 Å². The number of nitrogens with one attached hydrogen (secondary N) is 1. The Morgan fingerprint density at radius 2 is 2.00 bits per heavy atom. The first-order chi connectivity index (χ1) is 8.81. The fraction of sp³-hybridized carbons (Fsp3) is 0.667. The molecule has 1 fully saturated rings. The van der Waals surface area contributed by atoms with Crippen LogP contribution in [-0.4, -0.2) is 24.6 Å².